The highest BCUT2D eigenvalue weighted by Crippen LogP contribution is 2.19. The predicted octanol–water partition coefficient (Wildman–Crippen LogP) is 1.36. The maximum Gasteiger partial charge on any atom is 0.405 e. The first-order valence-corrected chi connectivity index (χ1v) is 10.4. The summed E-state index contributed by atoms with van der Waals surface area (Å²) in [6.45, 7) is -2.87. The molecule has 1 heterocycles. The smallest absolute Gasteiger partial charge is 0.405 e. The second-order valence-corrected chi connectivity index (χ2v) is 7.42. The lowest BCUT2D eigenvalue weighted by Crippen LogP contribution is -2.40. The summed E-state index contributed by atoms with van der Waals surface area (Å²) >= 11 is 0. The molecule has 0 atom stereocenters. The minimum absolute atomic E-state index is 0.0487. The Kier molecular flexibility index (Phi) is 8.55. The minimum atomic E-state index is -4.56. The van der Waals surface area contributed by atoms with Gasteiger partial charge >= 0.3 is 6.18 Å². The van der Waals surface area contributed by atoms with Gasteiger partial charge in [-0.1, -0.05) is 11.3 Å². The van der Waals surface area contributed by atoms with E-state index in [1.54, 1.807) is 5.32 Å². The largest absolute Gasteiger partial charge is 0.487 e. The number of ether oxygens (including phenoxy) is 1. The van der Waals surface area contributed by atoms with Crippen molar-refractivity contribution in [1.82, 2.24) is 25.6 Å². The van der Waals surface area contributed by atoms with E-state index in [-0.39, 0.29) is 35.0 Å². The molecule has 0 aliphatic heterocycles. The number of carbonyl (C=O) groups is 2. The van der Waals surface area contributed by atoms with Crippen LogP contribution in [0.15, 0.2) is 48.5 Å². The molecule has 2 amide bonds. The van der Waals surface area contributed by atoms with Gasteiger partial charge in [0.2, 0.25) is 0 Å². The second-order valence-electron chi connectivity index (χ2n) is 7.42. The standard InChI is InChI=1S/C22H21F4N5O5/c23-14-2-1-3-17(8-14)36-11-18-19(21(35)28-15(9-32)10-33)29-30-31(18)16-6-4-13(5-7-16)20(34)27-12-22(24,25)26/h1-8,15,32-33H,9-12H2,(H,27,34)(H,28,35). The number of aliphatic hydroxyl groups is 2. The van der Waals surface area contributed by atoms with Crippen LogP contribution in [0.5, 0.6) is 5.75 Å². The molecule has 0 saturated heterocycles. The minimum Gasteiger partial charge on any atom is -0.487 e. The van der Waals surface area contributed by atoms with E-state index in [1.807, 2.05) is 0 Å². The number of alkyl halides is 3. The van der Waals surface area contributed by atoms with Crippen molar-refractivity contribution in [3.63, 3.8) is 0 Å². The molecule has 36 heavy (non-hydrogen) atoms. The topological polar surface area (TPSA) is 139 Å². The number of aliphatic hydroxyl groups excluding tert-OH is 2. The molecule has 3 aromatic rings. The SMILES string of the molecule is O=C(NCC(F)(F)F)c1ccc(-n2nnc(C(=O)NC(CO)CO)c2COc2cccc(F)c2)cc1. The van der Waals surface area contributed by atoms with Gasteiger partial charge in [-0.25, -0.2) is 9.07 Å². The molecule has 0 spiro atoms. The fourth-order valence-electron chi connectivity index (χ4n) is 2.96. The molecule has 3 rings (SSSR count). The van der Waals surface area contributed by atoms with Crippen LogP contribution in [0.3, 0.4) is 0 Å². The van der Waals surface area contributed by atoms with Crippen molar-refractivity contribution in [2.75, 3.05) is 19.8 Å². The van der Waals surface area contributed by atoms with Crippen LogP contribution >= 0.6 is 0 Å². The number of halogens is 4. The van der Waals surface area contributed by atoms with Gasteiger partial charge in [0.05, 0.1) is 24.9 Å². The highest BCUT2D eigenvalue weighted by molar-refractivity contribution is 5.94. The molecule has 0 aliphatic rings. The van der Waals surface area contributed by atoms with E-state index >= 15 is 0 Å². The molecule has 14 heteroatoms. The Hall–Kier alpha value is -4.04. The molecule has 4 N–H and O–H groups in total. The summed E-state index contributed by atoms with van der Waals surface area (Å²) in [6.07, 6.45) is -4.56. The lowest BCUT2D eigenvalue weighted by molar-refractivity contribution is -0.123. The Labute approximate surface area is 201 Å². The van der Waals surface area contributed by atoms with E-state index in [1.165, 1.54) is 47.1 Å². The van der Waals surface area contributed by atoms with Crippen molar-refractivity contribution in [3.05, 3.63) is 71.3 Å². The van der Waals surface area contributed by atoms with Gasteiger partial charge < -0.3 is 25.6 Å². The molecule has 0 unspecified atom stereocenters. The molecule has 0 aliphatic carbocycles. The van der Waals surface area contributed by atoms with Crippen LogP contribution in [0, 0.1) is 5.82 Å². The molecule has 0 saturated carbocycles. The van der Waals surface area contributed by atoms with Crippen LogP contribution in [-0.2, 0) is 6.61 Å². The average Bonchev–Trinajstić information content (AvgIpc) is 3.28. The monoisotopic (exact) mass is 511 g/mol. The van der Waals surface area contributed by atoms with Crippen LogP contribution < -0.4 is 15.4 Å². The molecular formula is C22H21F4N5O5. The van der Waals surface area contributed by atoms with Gasteiger partial charge in [0.15, 0.2) is 5.69 Å². The average molecular weight is 511 g/mol. The van der Waals surface area contributed by atoms with E-state index in [0.717, 1.165) is 6.07 Å². The highest BCUT2D eigenvalue weighted by Gasteiger charge is 2.28. The van der Waals surface area contributed by atoms with Gasteiger partial charge in [-0.2, -0.15) is 13.2 Å². The zero-order valence-corrected chi connectivity index (χ0v) is 18.5. The molecule has 10 nitrogen and oxygen atoms in total. The van der Waals surface area contributed by atoms with Crippen molar-refractivity contribution < 1.29 is 42.1 Å². The van der Waals surface area contributed by atoms with Crippen LogP contribution in [-0.4, -0.2) is 69.0 Å². The van der Waals surface area contributed by atoms with Crippen molar-refractivity contribution in [1.29, 1.82) is 0 Å². The van der Waals surface area contributed by atoms with Crippen LogP contribution in [0.25, 0.3) is 5.69 Å². The van der Waals surface area contributed by atoms with Crippen LogP contribution in [0.4, 0.5) is 17.6 Å². The molecule has 2 aromatic carbocycles. The summed E-state index contributed by atoms with van der Waals surface area (Å²) in [5.41, 5.74) is 0.117. The quantitative estimate of drug-likeness (QED) is 0.302. The van der Waals surface area contributed by atoms with Gasteiger partial charge in [-0.3, -0.25) is 9.59 Å². The van der Waals surface area contributed by atoms with E-state index in [9.17, 15) is 37.4 Å². The predicted molar refractivity (Wildman–Crippen MR) is 116 cm³/mol. The maximum absolute atomic E-state index is 13.5. The highest BCUT2D eigenvalue weighted by atomic mass is 19.4. The fraction of sp³-hybridized carbons (Fsp3) is 0.273. The van der Waals surface area contributed by atoms with Gasteiger partial charge in [0.1, 0.15) is 30.4 Å². The molecule has 1 aromatic heterocycles. The molecule has 0 radical (unpaired) electrons. The third-order valence-corrected chi connectivity index (χ3v) is 4.75. The Balaban J connectivity index is 1.88. The lowest BCUT2D eigenvalue weighted by Gasteiger charge is -2.14. The number of carbonyl (C=O) groups excluding carboxylic acids is 2. The van der Waals surface area contributed by atoms with Gasteiger partial charge in [0, 0.05) is 11.6 Å². The van der Waals surface area contributed by atoms with Crippen molar-refractivity contribution in [2.24, 2.45) is 0 Å². The number of hydrogen-bond donors (Lipinski definition) is 4. The molecule has 0 bridgehead atoms. The van der Waals surface area contributed by atoms with Gasteiger partial charge in [-0.15, -0.1) is 5.10 Å². The second kappa shape index (κ2) is 11.6. The fourth-order valence-corrected chi connectivity index (χ4v) is 2.96. The zero-order valence-electron chi connectivity index (χ0n) is 18.5. The summed E-state index contributed by atoms with van der Waals surface area (Å²) in [4.78, 5) is 24.6. The first-order chi connectivity index (χ1) is 17.1. The third kappa shape index (κ3) is 6.99. The Morgan fingerprint density at radius 1 is 1.06 bits per heavy atom. The molecule has 192 valence electrons. The van der Waals surface area contributed by atoms with E-state index in [4.69, 9.17) is 4.74 Å². The summed E-state index contributed by atoms with van der Waals surface area (Å²) < 4.78 is 57.3. The summed E-state index contributed by atoms with van der Waals surface area (Å²) in [6, 6.07) is 9.53. The summed E-state index contributed by atoms with van der Waals surface area (Å²) in [7, 11) is 0. The number of hydrogen-bond acceptors (Lipinski definition) is 7. The third-order valence-electron chi connectivity index (χ3n) is 4.75. The lowest BCUT2D eigenvalue weighted by atomic mass is 10.2. The Morgan fingerprint density at radius 3 is 2.36 bits per heavy atom. The van der Waals surface area contributed by atoms with Gasteiger partial charge in [-0.05, 0) is 36.4 Å². The Morgan fingerprint density at radius 2 is 1.75 bits per heavy atom. The van der Waals surface area contributed by atoms with Crippen molar-refractivity contribution in [2.45, 2.75) is 18.8 Å². The molecule has 0 fully saturated rings. The molecular weight excluding hydrogens is 490 g/mol. The van der Waals surface area contributed by atoms with E-state index < -0.39 is 49.6 Å². The van der Waals surface area contributed by atoms with Crippen LogP contribution in [0.1, 0.15) is 26.5 Å². The number of nitrogens with one attached hydrogen (secondary N) is 2. The number of amides is 2. The Bertz CT molecular complexity index is 1200. The van der Waals surface area contributed by atoms with E-state index in [2.05, 4.69) is 15.6 Å². The summed E-state index contributed by atoms with van der Waals surface area (Å²) in [5.74, 6) is -2.12. The summed E-state index contributed by atoms with van der Waals surface area (Å²) in [5, 5.41) is 30.4. The van der Waals surface area contributed by atoms with Crippen molar-refractivity contribution in [3.8, 4) is 11.4 Å². The van der Waals surface area contributed by atoms with Gasteiger partial charge in [0.25, 0.3) is 11.8 Å². The number of rotatable bonds is 10. The number of aromatic nitrogens is 3. The first kappa shape index (κ1) is 26.6. The number of nitrogens with zero attached hydrogens (tertiary/aromatic N) is 3. The van der Waals surface area contributed by atoms with E-state index in [0.29, 0.717) is 0 Å². The maximum atomic E-state index is 13.5. The van der Waals surface area contributed by atoms with Crippen LogP contribution in [0.2, 0.25) is 0 Å². The first-order valence-electron chi connectivity index (χ1n) is 10.4. The van der Waals surface area contributed by atoms with Crippen molar-refractivity contribution >= 4 is 11.8 Å². The normalized spacial score (nSPS) is 11.4. The zero-order chi connectivity index (χ0) is 26.3. The number of benzene rings is 2.